The number of alkyl halides is 2. The molecule has 1 rings (SSSR count). The number of hydrogen-bond acceptors (Lipinski definition) is 2. The molecule has 0 N–H and O–H groups in total. The molecule has 1 aliphatic heterocycles. The lowest BCUT2D eigenvalue weighted by Crippen LogP contribution is -2.53. The van der Waals surface area contributed by atoms with Crippen LogP contribution in [0.15, 0.2) is 0 Å². The van der Waals surface area contributed by atoms with Crippen molar-refractivity contribution < 1.29 is 13.5 Å². The summed E-state index contributed by atoms with van der Waals surface area (Å²) >= 11 is 0. The highest BCUT2D eigenvalue weighted by atomic mass is 19.3. The van der Waals surface area contributed by atoms with Gasteiger partial charge in [0.2, 0.25) is 0 Å². The van der Waals surface area contributed by atoms with Gasteiger partial charge in [0, 0.05) is 20.2 Å². The van der Waals surface area contributed by atoms with E-state index in [9.17, 15) is 8.78 Å². The lowest BCUT2D eigenvalue weighted by atomic mass is 10.2. The Bertz CT molecular complexity index is 104. The molecule has 4 heteroatoms. The van der Waals surface area contributed by atoms with Crippen LogP contribution in [0, 0.1) is 0 Å². The second kappa shape index (κ2) is 3.25. The lowest BCUT2D eigenvalue weighted by molar-refractivity contribution is -0.0515. The van der Waals surface area contributed by atoms with E-state index in [2.05, 4.69) is 0 Å². The molecule has 1 saturated heterocycles. The Morgan fingerprint density at radius 3 is 2.60 bits per heavy atom. The molecular weight excluding hydrogens is 140 g/mol. The Morgan fingerprint density at radius 1 is 1.60 bits per heavy atom. The molecule has 0 spiro atoms. The maximum absolute atomic E-state index is 11.7. The molecule has 0 aromatic heterocycles. The van der Waals surface area contributed by atoms with Crippen molar-refractivity contribution in [3.05, 3.63) is 0 Å². The monoisotopic (exact) mass is 151 g/mol. The van der Waals surface area contributed by atoms with Crippen LogP contribution in [0.25, 0.3) is 0 Å². The zero-order chi connectivity index (χ0) is 7.56. The Morgan fingerprint density at radius 2 is 2.20 bits per heavy atom. The summed E-state index contributed by atoms with van der Waals surface area (Å²) in [7, 11) is 1.60. The molecular formula is C6H11F2NO. The van der Waals surface area contributed by atoms with Gasteiger partial charge in [-0.25, -0.2) is 8.78 Å². The third kappa shape index (κ3) is 1.88. The van der Waals surface area contributed by atoms with Gasteiger partial charge in [0.25, 0.3) is 6.43 Å². The van der Waals surface area contributed by atoms with Crippen molar-refractivity contribution in [2.24, 2.45) is 0 Å². The molecule has 60 valence electrons. The quantitative estimate of drug-likeness (QED) is 0.585. The van der Waals surface area contributed by atoms with Gasteiger partial charge >= 0.3 is 0 Å². The molecule has 0 atom stereocenters. The molecule has 0 radical (unpaired) electrons. The first-order valence-corrected chi connectivity index (χ1v) is 3.25. The van der Waals surface area contributed by atoms with Gasteiger partial charge in [-0.2, -0.15) is 0 Å². The van der Waals surface area contributed by atoms with Gasteiger partial charge in [-0.1, -0.05) is 0 Å². The Labute approximate surface area is 58.8 Å². The fraction of sp³-hybridized carbons (Fsp3) is 1.00. The van der Waals surface area contributed by atoms with E-state index in [-0.39, 0.29) is 12.6 Å². The maximum Gasteiger partial charge on any atom is 0.251 e. The number of hydrogen-bond donors (Lipinski definition) is 0. The smallest absolute Gasteiger partial charge is 0.251 e. The van der Waals surface area contributed by atoms with Crippen LogP contribution < -0.4 is 0 Å². The zero-order valence-electron chi connectivity index (χ0n) is 5.89. The minimum atomic E-state index is -2.21. The Hall–Kier alpha value is -0.220. The number of nitrogens with zero attached hydrogens (tertiary/aromatic N) is 1. The average Bonchev–Trinajstić information content (AvgIpc) is 1.76. The van der Waals surface area contributed by atoms with Crippen molar-refractivity contribution in [3.8, 4) is 0 Å². The Balaban J connectivity index is 2.03. The van der Waals surface area contributed by atoms with E-state index in [1.54, 1.807) is 12.0 Å². The van der Waals surface area contributed by atoms with E-state index >= 15 is 0 Å². The van der Waals surface area contributed by atoms with Crippen LogP contribution in [0.1, 0.15) is 0 Å². The molecule has 1 heterocycles. The van der Waals surface area contributed by atoms with Gasteiger partial charge in [0.1, 0.15) is 0 Å². The van der Waals surface area contributed by atoms with Crippen LogP contribution in [0.4, 0.5) is 8.78 Å². The normalized spacial score (nSPS) is 21.6. The van der Waals surface area contributed by atoms with E-state index in [1.165, 1.54) is 0 Å². The van der Waals surface area contributed by atoms with Gasteiger partial charge in [-0.05, 0) is 0 Å². The van der Waals surface area contributed by atoms with Crippen molar-refractivity contribution in [1.29, 1.82) is 0 Å². The molecule has 1 aliphatic rings. The summed E-state index contributed by atoms with van der Waals surface area (Å²) in [6.45, 7) is 1.20. The van der Waals surface area contributed by atoms with E-state index in [4.69, 9.17) is 4.74 Å². The first-order valence-electron chi connectivity index (χ1n) is 3.25. The topological polar surface area (TPSA) is 12.5 Å². The third-order valence-corrected chi connectivity index (χ3v) is 1.65. The zero-order valence-corrected chi connectivity index (χ0v) is 5.89. The summed E-state index contributed by atoms with van der Waals surface area (Å²) in [5.41, 5.74) is 0. The number of ether oxygens (including phenoxy) is 1. The van der Waals surface area contributed by atoms with Crippen LogP contribution in [0.5, 0.6) is 0 Å². The highest BCUT2D eigenvalue weighted by Crippen LogP contribution is 2.11. The predicted octanol–water partition coefficient (Wildman–Crippen LogP) is 0.582. The number of rotatable bonds is 3. The van der Waals surface area contributed by atoms with Gasteiger partial charge in [0.05, 0.1) is 12.6 Å². The van der Waals surface area contributed by atoms with Crippen molar-refractivity contribution >= 4 is 0 Å². The fourth-order valence-electron chi connectivity index (χ4n) is 1.02. The molecule has 2 nitrogen and oxygen atoms in total. The van der Waals surface area contributed by atoms with Crippen molar-refractivity contribution in [3.63, 3.8) is 0 Å². The number of methoxy groups -OCH3 is 1. The number of halogens is 2. The average molecular weight is 151 g/mol. The molecule has 0 saturated carbocycles. The summed E-state index contributed by atoms with van der Waals surface area (Å²) in [5, 5.41) is 0. The highest BCUT2D eigenvalue weighted by molar-refractivity contribution is 4.80. The third-order valence-electron chi connectivity index (χ3n) is 1.65. The van der Waals surface area contributed by atoms with E-state index < -0.39 is 6.43 Å². The van der Waals surface area contributed by atoms with Crippen LogP contribution in [0.3, 0.4) is 0 Å². The molecule has 0 amide bonds. The van der Waals surface area contributed by atoms with Gasteiger partial charge in [-0.3, -0.25) is 4.90 Å². The van der Waals surface area contributed by atoms with Crippen molar-refractivity contribution in [1.82, 2.24) is 4.90 Å². The van der Waals surface area contributed by atoms with Crippen LogP contribution in [-0.2, 0) is 4.74 Å². The molecule has 0 aromatic rings. The summed E-state index contributed by atoms with van der Waals surface area (Å²) in [6, 6.07) is 0. The van der Waals surface area contributed by atoms with E-state index in [0.29, 0.717) is 13.1 Å². The summed E-state index contributed by atoms with van der Waals surface area (Å²) in [5.74, 6) is 0. The standard InChI is InChI=1S/C6H11F2NO/c1-10-5-2-9(3-5)4-6(7)8/h5-6H,2-4H2,1H3. The minimum absolute atomic E-state index is 0.111. The molecule has 1 fully saturated rings. The first-order chi connectivity index (χ1) is 4.72. The predicted molar refractivity (Wildman–Crippen MR) is 33.2 cm³/mol. The molecule has 0 aliphatic carbocycles. The van der Waals surface area contributed by atoms with Gasteiger partial charge in [-0.15, -0.1) is 0 Å². The highest BCUT2D eigenvalue weighted by Gasteiger charge is 2.27. The van der Waals surface area contributed by atoms with Crippen LogP contribution >= 0.6 is 0 Å². The molecule has 10 heavy (non-hydrogen) atoms. The largest absolute Gasteiger partial charge is 0.379 e. The fourth-order valence-corrected chi connectivity index (χ4v) is 1.02. The lowest BCUT2D eigenvalue weighted by Gasteiger charge is -2.37. The molecule has 0 bridgehead atoms. The maximum atomic E-state index is 11.7. The summed E-state index contributed by atoms with van der Waals surface area (Å²) < 4.78 is 28.2. The second-order valence-electron chi connectivity index (χ2n) is 2.47. The van der Waals surface area contributed by atoms with E-state index in [1.807, 2.05) is 0 Å². The van der Waals surface area contributed by atoms with E-state index in [0.717, 1.165) is 0 Å². The molecule has 0 unspecified atom stereocenters. The van der Waals surface area contributed by atoms with Crippen LogP contribution in [-0.4, -0.2) is 44.2 Å². The van der Waals surface area contributed by atoms with Crippen molar-refractivity contribution in [2.75, 3.05) is 26.7 Å². The van der Waals surface area contributed by atoms with Crippen molar-refractivity contribution in [2.45, 2.75) is 12.5 Å². The summed E-state index contributed by atoms with van der Waals surface area (Å²) in [4.78, 5) is 1.68. The minimum Gasteiger partial charge on any atom is -0.379 e. The first kappa shape index (κ1) is 7.88. The summed E-state index contributed by atoms with van der Waals surface area (Å²) in [6.07, 6.45) is -2.03. The van der Waals surface area contributed by atoms with Gasteiger partial charge in [0.15, 0.2) is 0 Å². The molecule has 0 aromatic carbocycles. The number of likely N-dealkylation sites (tertiary alicyclic amines) is 1. The SMILES string of the molecule is COC1CN(CC(F)F)C1. The van der Waals surface area contributed by atoms with Crippen LogP contribution in [0.2, 0.25) is 0 Å². The van der Waals surface area contributed by atoms with Gasteiger partial charge < -0.3 is 4.74 Å². The Kier molecular flexibility index (Phi) is 2.56. The second-order valence-corrected chi connectivity index (χ2v) is 2.47.